The van der Waals surface area contributed by atoms with Crippen LogP contribution in [0, 0.1) is 18.3 Å². The number of nitriles is 1. The predicted octanol–water partition coefficient (Wildman–Crippen LogP) is 7.73. The van der Waals surface area contributed by atoms with Crippen molar-refractivity contribution in [1.82, 2.24) is 10.2 Å². The summed E-state index contributed by atoms with van der Waals surface area (Å²) < 4.78 is 26.4. The molecule has 5 rings (SSSR count). The highest BCUT2D eigenvalue weighted by Crippen LogP contribution is 2.32. The van der Waals surface area contributed by atoms with Gasteiger partial charge in [0.1, 0.15) is 0 Å². The number of hydrogen-bond acceptors (Lipinski definition) is 10. The summed E-state index contributed by atoms with van der Waals surface area (Å²) in [6.45, 7) is 9.46. The number of ether oxygens (including phenoxy) is 4. The van der Waals surface area contributed by atoms with E-state index in [2.05, 4.69) is 26.9 Å². The van der Waals surface area contributed by atoms with E-state index in [1.54, 1.807) is 63.6 Å². The first-order valence-corrected chi connectivity index (χ1v) is 16.3. The van der Waals surface area contributed by atoms with E-state index in [1.807, 2.05) is 70.2 Å². The fraction of sp³-hybridized carbons (Fsp3) is 0.275. The van der Waals surface area contributed by atoms with Crippen LogP contribution in [0.1, 0.15) is 71.3 Å². The van der Waals surface area contributed by atoms with E-state index in [9.17, 15) is 14.9 Å². The second-order valence-corrected chi connectivity index (χ2v) is 12.7. The number of anilines is 2. The molecule has 1 aromatic heterocycles. The lowest BCUT2D eigenvalue weighted by Gasteiger charge is -2.21. The molecule has 12 nitrogen and oxygen atoms in total. The zero-order valence-electron chi connectivity index (χ0n) is 30.8. The summed E-state index contributed by atoms with van der Waals surface area (Å²) in [6, 6.07) is 27.1. The van der Waals surface area contributed by atoms with Gasteiger partial charge in [-0.15, -0.1) is 10.2 Å². The van der Waals surface area contributed by atoms with Crippen LogP contribution in [-0.4, -0.2) is 50.5 Å². The number of aryl methyl sites for hydroxylation is 1. The Labute approximate surface area is 303 Å². The maximum Gasteiger partial charge on any atom is 0.255 e. The second kappa shape index (κ2) is 16.6. The summed E-state index contributed by atoms with van der Waals surface area (Å²) >= 11 is 0. The van der Waals surface area contributed by atoms with Crippen LogP contribution in [0.3, 0.4) is 0 Å². The molecule has 52 heavy (non-hydrogen) atoms. The SMILES string of the molecule is COc1ccc(C(=O)Nc2ccc(C(C)(C)c3nnc(C)o3)cc2)cc1OC.COc1ccc(C(=O)Nc2cccc(C(C)(C)C#N)c2)cc1OC. The Hall–Kier alpha value is -6.35. The Morgan fingerprint density at radius 1 is 0.654 bits per heavy atom. The zero-order valence-corrected chi connectivity index (χ0v) is 30.8. The monoisotopic (exact) mass is 705 g/mol. The number of carbonyl (C=O) groups is 2. The van der Waals surface area contributed by atoms with E-state index in [0.29, 0.717) is 57.3 Å². The minimum atomic E-state index is -0.621. The third kappa shape index (κ3) is 9.05. The third-order valence-corrected chi connectivity index (χ3v) is 8.34. The van der Waals surface area contributed by atoms with Gasteiger partial charge in [0.05, 0.1) is 45.3 Å². The van der Waals surface area contributed by atoms with Gasteiger partial charge in [-0.05, 0) is 99.5 Å². The minimum absolute atomic E-state index is 0.236. The molecule has 0 atom stereocenters. The number of rotatable bonds is 11. The molecule has 0 saturated carbocycles. The summed E-state index contributed by atoms with van der Waals surface area (Å²) in [4.78, 5) is 25.0. The molecule has 0 aliphatic carbocycles. The largest absolute Gasteiger partial charge is 0.493 e. The van der Waals surface area contributed by atoms with Crippen molar-refractivity contribution >= 4 is 23.2 Å². The molecule has 0 radical (unpaired) electrons. The van der Waals surface area contributed by atoms with Crippen LogP contribution in [0.2, 0.25) is 0 Å². The Kier molecular flexibility index (Phi) is 12.3. The standard InChI is InChI=1S/C21H23N3O4.C19H20N2O3/c1-13-23-24-20(28-13)21(2,3)15-7-9-16(10-8-15)22-19(25)14-6-11-17(26-4)18(12-14)27-5;1-19(2,12-20)14-6-5-7-15(11-14)21-18(22)13-8-9-16(23-3)17(10-13)24-4/h6-12H,1-5H3,(H,22,25);5-11H,1-4H3,(H,21,22). The quantitative estimate of drug-likeness (QED) is 0.139. The van der Waals surface area contributed by atoms with E-state index >= 15 is 0 Å². The van der Waals surface area contributed by atoms with Crippen molar-refractivity contribution in [3.63, 3.8) is 0 Å². The van der Waals surface area contributed by atoms with E-state index in [1.165, 1.54) is 14.2 Å². The highest BCUT2D eigenvalue weighted by Gasteiger charge is 2.29. The van der Waals surface area contributed by atoms with Crippen molar-refractivity contribution in [3.05, 3.63) is 119 Å². The molecule has 0 aliphatic rings. The molecular formula is C40H43N5O7. The first-order valence-electron chi connectivity index (χ1n) is 16.3. The van der Waals surface area contributed by atoms with Crippen LogP contribution in [-0.2, 0) is 10.8 Å². The highest BCUT2D eigenvalue weighted by molar-refractivity contribution is 6.05. The normalized spacial score (nSPS) is 10.9. The van der Waals surface area contributed by atoms with Crippen LogP contribution in [0.25, 0.3) is 0 Å². The van der Waals surface area contributed by atoms with Gasteiger partial charge in [0.25, 0.3) is 11.8 Å². The van der Waals surface area contributed by atoms with E-state index in [-0.39, 0.29) is 11.8 Å². The first kappa shape index (κ1) is 38.5. The van der Waals surface area contributed by atoms with Crippen LogP contribution in [0.4, 0.5) is 11.4 Å². The van der Waals surface area contributed by atoms with Crippen molar-refractivity contribution in [2.45, 2.75) is 45.4 Å². The number of nitrogens with zero attached hydrogens (tertiary/aromatic N) is 3. The smallest absolute Gasteiger partial charge is 0.255 e. The molecule has 0 saturated heterocycles. The molecule has 0 aliphatic heterocycles. The van der Waals surface area contributed by atoms with Gasteiger partial charge < -0.3 is 34.0 Å². The molecule has 4 aromatic carbocycles. The molecule has 0 bridgehead atoms. The van der Waals surface area contributed by atoms with Crippen molar-refractivity contribution < 1.29 is 33.0 Å². The fourth-order valence-electron chi connectivity index (χ4n) is 5.05. The Bertz CT molecular complexity index is 2060. The average molecular weight is 706 g/mol. The summed E-state index contributed by atoms with van der Waals surface area (Å²) in [5.74, 6) is 2.71. The fourth-order valence-corrected chi connectivity index (χ4v) is 5.05. The number of methoxy groups -OCH3 is 4. The first-order chi connectivity index (χ1) is 24.8. The van der Waals surface area contributed by atoms with E-state index < -0.39 is 10.8 Å². The maximum atomic E-state index is 12.5. The van der Waals surface area contributed by atoms with Crippen molar-refractivity contribution in [2.75, 3.05) is 39.1 Å². The van der Waals surface area contributed by atoms with Gasteiger partial charge in [-0.1, -0.05) is 24.3 Å². The van der Waals surface area contributed by atoms with Gasteiger partial charge in [-0.3, -0.25) is 9.59 Å². The number of nitrogens with one attached hydrogen (secondary N) is 2. The molecule has 2 amide bonds. The summed E-state index contributed by atoms with van der Waals surface area (Å²) in [5.41, 5.74) is 3.03. The number of hydrogen-bond donors (Lipinski definition) is 2. The van der Waals surface area contributed by atoms with E-state index in [0.717, 1.165) is 11.1 Å². The lowest BCUT2D eigenvalue weighted by molar-refractivity contribution is 0.101. The Morgan fingerprint density at radius 2 is 1.17 bits per heavy atom. The van der Waals surface area contributed by atoms with Crippen LogP contribution >= 0.6 is 0 Å². The lowest BCUT2D eigenvalue weighted by atomic mass is 9.84. The number of carbonyl (C=O) groups excluding carboxylic acids is 2. The number of aromatic nitrogens is 2. The van der Waals surface area contributed by atoms with Gasteiger partial charge in [0.2, 0.25) is 11.8 Å². The molecule has 0 fully saturated rings. The number of benzene rings is 4. The summed E-state index contributed by atoms with van der Waals surface area (Å²) in [7, 11) is 6.15. The molecule has 0 spiro atoms. The maximum absolute atomic E-state index is 12.5. The topological polar surface area (TPSA) is 158 Å². The van der Waals surface area contributed by atoms with Crippen LogP contribution in [0.15, 0.2) is 89.3 Å². The van der Waals surface area contributed by atoms with Crippen molar-refractivity contribution in [3.8, 4) is 29.1 Å². The van der Waals surface area contributed by atoms with Crippen molar-refractivity contribution in [2.24, 2.45) is 0 Å². The van der Waals surface area contributed by atoms with Crippen LogP contribution < -0.4 is 29.6 Å². The van der Waals surface area contributed by atoms with Gasteiger partial charge in [0.15, 0.2) is 23.0 Å². The molecular weight excluding hydrogens is 662 g/mol. The van der Waals surface area contributed by atoms with Gasteiger partial charge in [0, 0.05) is 29.4 Å². The molecule has 12 heteroatoms. The highest BCUT2D eigenvalue weighted by atomic mass is 16.5. The number of amides is 2. The second-order valence-electron chi connectivity index (χ2n) is 12.7. The van der Waals surface area contributed by atoms with Crippen LogP contribution in [0.5, 0.6) is 23.0 Å². The molecule has 1 heterocycles. The molecule has 2 N–H and O–H groups in total. The van der Waals surface area contributed by atoms with E-state index in [4.69, 9.17) is 23.4 Å². The molecule has 5 aromatic rings. The van der Waals surface area contributed by atoms with Gasteiger partial charge >= 0.3 is 0 Å². The Morgan fingerprint density at radius 3 is 1.63 bits per heavy atom. The minimum Gasteiger partial charge on any atom is -0.493 e. The van der Waals surface area contributed by atoms with Gasteiger partial charge in [-0.2, -0.15) is 5.26 Å². The molecule has 270 valence electrons. The molecule has 0 unspecified atom stereocenters. The lowest BCUT2D eigenvalue weighted by Crippen LogP contribution is -2.19. The third-order valence-electron chi connectivity index (χ3n) is 8.34. The summed E-state index contributed by atoms with van der Waals surface area (Å²) in [5, 5.41) is 23.0. The predicted molar refractivity (Wildman–Crippen MR) is 198 cm³/mol. The average Bonchev–Trinajstić information content (AvgIpc) is 3.61. The van der Waals surface area contributed by atoms with Crippen molar-refractivity contribution in [1.29, 1.82) is 5.26 Å². The van der Waals surface area contributed by atoms with Gasteiger partial charge in [-0.25, -0.2) is 0 Å². The zero-order chi connectivity index (χ0) is 38.1. The Balaban J connectivity index is 0.000000236. The summed E-state index contributed by atoms with van der Waals surface area (Å²) in [6.07, 6.45) is 0.